The van der Waals surface area contributed by atoms with Gasteiger partial charge in [-0.05, 0) is 23.5 Å². The highest BCUT2D eigenvalue weighted by molar-refractivity contribution is 5.72. The molecule has 0 spiro atoms. The first kappa shape index (κ1) is 9.32. The van der Waals surface area contributed by atoms with Crippen molar-refractivity contribution in [3.05, 3.63) is 36.4 Å². The molecule has 0 aliphatic carbocycles. The van der Waals surface area contributed by atoms with Gasteiger partial charge in [0.05, 0.1) is 6.61 Å². The van der Waals surface area contributed by atoms with Crippen LogP contribution < -0.4 is 4.74 Å². The van der Waals surface area contributed by atoms with Crippen molar-refractivity contribution in [3.8, 4) is 5.75 Å². The Bertz CT molecular complexity index is 363. The first-order chi connectivity index (χ1) is 6.61. The normalized spacial score (nSPS) is 19.4. The van der Waals surface area contributed by atoms with Crippen LogP contribution in [0.1, 0.15) is 25.8 Å². The monoisotopic (exact) mass is 188 g/mol. The quantitative estimate of drug-likeness (QED) is 0.605. The van der Waals surface area contributed by atoms with Crippen molar-refractivity contribution in [1.29, 1.82) is 0 Å². The lowest BCUT2D eigenvalue weighted by Gasteiger charge is -2.24. The predicted molar refractivity (Wildman–Crippen MR) is 59.4 cm³/mol. The summed E-state index contributed by atoms with van der Waals surface area (Å²) in [6.45, 7) is 9.42. The Labute approximate surface area is 85.4 Å². The molecule has 14 heavy (non-hydrogen) atoms. The molecule has 2 rings (SSSR count). The molecule has 1 aliphatic heterocycles. The van der Waals surface area contributed by atoms with Crippen molar-refractivity contribution >= 4 is 5.57 Å². The van der Waals surface area contributed by atoms with Gasteiger partial charge in [0.1, 0.15) is 5.75 Å². The van der Waals surface area contributed by atoms with Gasteiger partial charge in [-0.3, -0.25) is 0 Å². The molecule has 1 aromatic rings. The number of hydrogen-bond acceptors (Lipinski definition) is 1. The van der Waals surface area contributed by atoms with Gasteiger partial charge in [-0.15, -0.1) is 0 Å². The van der Waals surface area contributed by atoms with Crippen LogP contribution in [-0.4, -0.2) is 6.61 Å². The van der Waals surface area contributed by atoms with Gasteiger partial charge in [0.15, 0.2) is 0 Å². The average Bonchev–Trinajstić information content (AvgIpc) is 2.27. The van der Waals surface area contributed by atoms with E-state index < -0.39 is 0 Å². The molecule has 1 nitrogen and oxygen atoms in total. The second-order valence-electron chi connectivity index (χ2n) is 4.46. The van der Waals surface area contributed by atoms with Gasteiger partial charge in [-0.1, -0.05) is 38.6 Å². The van der Waals surface area contributed by atoms with E-state index in [2.05, 4.69) is 26.5 Å². The number of hydrogen-bond donors (Lipinski definition) is 0. The van der Waals surface area contributed by atoms with Crippen molar-refractivity contribution in [2.75, 3.05) is 6.61 Å². The molecule has 0 aromatic heterocycles. The Balaban J connectivity index is 2.51. The van der Waals surface area contributed by atoms with E-state index in [1.165, 1.54) is 5.57 Å². The minimum absolute atomic E-state index is 0.145. The Morgan fingerprint density at radius 3 is 2.79 bits per heavy atom. The molecular formula is C13H16O. The summed E-state index contributed by atoms with van der Waals surface area (Å²) in [4.78, 5) is 0. The molecule has 0 fully saturated rings. The summed E-state index contributed by atoms with van der Waals surface area (Å²) in [6, 6.07) is 8.14. The number of allylic oxidation sites excluding steroid dienone is 1. The molecule has 0 saturated heterocycles. The first-order valence-corrected chi connectivity index (χ1v) is 5.03. The van der Waals surface area contributed by atoms with E-state index in [-0.39, 0.29) is 5.41 Å². The van der Waals surface area contributed by atoms with E-state index >= 15 is 0 Å². The molecular weight excluding hydrogens is 172 g/mol. The van der Waals surface area contributed by atoms with Crippen LogP contribution in [-0.2, 0) is 0 Å². The van der Waals surface area contributed by atoms with Gasteiger partial charge in [-0.25, -0.2) is 0 Å². The standard InChI is InChI=1S/C13H16O/c1-10-11-6-4-5-7-12(11)14-9-8-13(10,2)3/h4-7H,1,8-9H2,2-3H3. The van der Waals surface area contributed by atoms with E-state index in [9.17, 15) is 0 Å². The van der Waals surface area contributed by atoms with Crippen LogP contribution in [0.25, 0.3) is 5.57 Å². The molecule has 1 aromatic carbocycles. The van der Waals surface area contributed by atoms with E-state index in [4.69, 9.17) is 4.74 Å². The molecule has 0 unspecified atom stereocenters. The molecule has 1 aliphatic rings. The van der Waals surface area contributed by atoms with Crippen LogP contribution in [0.15, 0.2) is 30.8 Å². The highest BCUT2D eigenvalue weighted by Crippen LogP contribution is 2.42. The summed E-state index contributed by atoms with van der Waals surface area (Å²) in [7, 11) is 0. The van der Waals surface area contributed by atoms with Crippen molar-refractivity contribution in [3.63, 3.8) is 0 Å². The predicted octanol–water partition coefficient (Wildman–Crippen LogP) is 3.51. The minimum atomic E-state index is 0.145. The van der Waals surface area contributed by atoms with Gasteiger partial charge in [-0.2, -0.15) is 0 Å². The molecule has 0 atom stereocenters. The maximum Gasteiger partial charge on any atom is 0.126 e. The summed E-state index contributed by atoms with van der Waals surface area (Å²) in [5.74, 6) is 0.975. The molecule has 74 valence electrons. The number of rotatable bonds is 0. The van der Waals surface area contributed by atoms with E-state index in [0.29, 0.717) is 0 Å². The van der Waals surface area contributed by atoms with E-state index in [1.807, 2.05) is 18.2 Å². The third kappa shape index (κ3) is 1.43. The van der Waals surface area contributed by atoms with Gasteiger partial charge < -0.3 is 4.74 Å². The highest BCUT2D eigenvalue weighted by Gasteiger charge is 2.27. The Kier molecular flexibility index (Phi) is 2.10. The summed E-state index contributed by atoms with van der Waals surface area (Å²) in [5.41, 5.74) is 2.49. The van der Waals surface area contributed by atoms with Crippen LogP contribution in [0.4, 0.5) is 0 Å². The molecule has 0 saturated carbocycles. The molecule has 0 bridgehead atoms. The number of fused-ring (bicyclic) bond motifs is 1. The fourth-order valence-corrected chi connectivity index (χ4v) is 1.77. The number of benzene rings is 1. The zero-order chi connectivity index (χ0) is 10.2. The molecule has 0 radical (unpaired) electrons. The average molecular weight is 188 g/mol. The van der Waals surface area contributed by atoms with Crippen molar-refractivity contribution in [2.24, 2.45) is 5.41 Å². The van der Waals surface area contributed by atoms with E-state index in [0.717, 1.165) is 24.3 Å². The maximum absolute atomic E-state index is 5.69. The van der Waals surface area contributed by atoms with Crippen LogP contribution >= 0.6 is 0 Å². The fourth-order valence-electron chi connectivity index (χ4n) is 1.77. The Morgan fingerprint density at radius 1 is 1.29 bits per heavy atom. The molecule has 1 heterocycles. The Morgan fingerprint density at radius 2 is 2.00 bits per heavy atom. The molecule has 0 amide bonds. The fraction of sp³-hybridized carbons (Fsp3) is 0.385. The van der Waals surface area contributed by atoms with Crippen molar-refractivity contribution in [1.82, 2.24) is 0 Å². The lowest BCUT2D eigenvalue weighted by molar-refractivity contribution is 0.277. The van der Waals surface area contributed by atoms with Crippen LogP contribution in [0, 0.1) is 5.41 Å². The smallest absolute Gasteiger partial charge is 0.126 e. The van der Waals surface area contributed by atoms with Crippen LogP contribution in [0.3, 0.4) is 0 Å². The second-order valence-corrected chi connectivity index (χ2v) is 4.46. The summed E-state index contributed by atoms with van der Waals surface area (Å²) >= 11 is 0. The number of para-hydroxylation sites is 1. The highest BCUT2D eigenvalue weighted by atomic mass is 16.5. The summed E-state index contributed by atoms with van der Waals surface area (Å²) in [5, 5.41) is 0. The zero-order valence-corrected chi connectivity index (χ0v) is 8.84. The minimum Gasteiger partial charge on any atom is -0.493 e. The Hall–Kier alpha value is -1.24. The zero-order valence-electron chi connectivity index (χ0n) is 8.84. The van der Waals surface area contributed by atoms with Gasteiger partial charge >= 0.3 is 0 Å². The largest absolute Gasteiger partial charge is 0.493 e. The third-order valence-corrected chi connectivity index (χ3v) is 3.01. The molecule has 0 N–H and O–H groups in total. The summed E-state index contributed by atoms with van der Waals surface area (Å²) < 4.78 is 5.69. The van der Waals surface area contributed by atoms with E-state index in [1.54, 1.807) is 0 Å². The topological polar surface area (TPSA) is 9.23 Å². The SMILES string of the molecule is C=C1c2ccccc2OCCC1(C)C. The van der Waals surface area contributed by atoms with Crippen molar-refractivity contribution < 1.29 is 4.74 Å². The number of ether oxygens (including phenoxy) is 1. The van der Waals surface area contributed by atoms with Crippen LogP contribution in [0.2, 0.25) is 0 Å². The lowest BCUT2D eigenvalue weighted by Crippen LogP contribution is -2.13. The third-order valence-electron chi connectivity index (χ3n) is 3.01. The molecule has 1 heteroatoms. The van der Waals surface area contributed by atoms with Gasteiger partial charge in [0, 0.05) is 5.56 Å². The van der Waals surface area contributed by atoms with Gasteiger partial charge in [0.25, 0.3) is 0 Å². The second kappa shape index (κ2) is 3.16. The van der Waals surface area contributed by atoms with Crippen molar-refractivity contribution in [2.45, 2.75) is 20.3 Å². The van der Waals surface area contributed by atoms with Gasteiger partial charge in [0.2, 0.25) is 0 Å². The summed E-state index contributed by atoms with van der Waals surface area (Å²) in [6.07, 6.45) is 1.03. The first-order valence-electron chi connectivity index (χ1n) is 5.03. The maximum atomic E-state index is 5.69. The van der Waals surface area contributed by atoms with Crippen LogP contribution in [0.5, 0.6) is 5.75 Å². The lowest BCUT2D eigenvalue weighted by atomic mass is 9.79.